The van der Waals surface area contributed by atoms with Crippen LogP contribution in [0.25, 0.3) is 10.4 Å². The molecule has 0 radical (unpaired) electrons. The minimum Gasteiger partial charge on any atom is -0.324 e. The number of nitrogens with two attached hydrogens (primary N) is 1. The summed E-state index contributed by atoms with van der Waals surface area (Å²) in [4.78, 5) is 1.89. The van der Waals surface area contributed by atoms with Gasteiger partial charge in [0.05, 0.1) is 5.02 Å². The summed E-state index contributed by atoms with van der Waals surface area (Å²) in [5.74, 6) is -0.373. The van der Waals surface area contributed by atoms with E-state index < -0.39 is 0 Å². The van der Waals surface area contributed by atoms with Gasteiger partial charge in [0.2, 0.25) is 0 Å². The highest BCUT2D eigenvalue weighted by molar-refractivity contribution is 7.15. The second kappa shape index (κ2) is 4.53. The molecular formula is C12H11ClFNS. The van der Waals surface area contributed by atoms with Gasteiger partial charge in [0.1, 0.15) is 5.82 Å². The Kier molecular flexibility index (Phi) is 3.28. The first-order valence-corrected chi connectivity index (χ1v) is 6.08. The Bertz CT molecular complexity index is 507. The number of benzene rings is 1. The van der Waals surface area contributed by atoms with Crippen molar-refractivity contribution < 1.29 is 4.39 Å². The molecule has 0 fully saturated rings. The lowest BCUT2D eigenvalue weighted by molar-refractivity contribution is 0.632. The minimum atomic E-state index is -0.373. The summed E-state index contributed by atoms with van der Waals surface area (Å²) in [6.45, 7) is 1.91. The Morgan fingerprint density at radius 1 is 1.31 bits per heavy atom. The van der Waals surface area contributed by atoms with Gasteiger partial charge in [-0.05, 0) is 25.1 Å². The summed E-state index contributed by atoms with van der Waals surface area (Å²) >= 11 is 7.23. The predicted molar refractivity (Wildman–Crippen MR) is 67.3 cm³/mol. The van der Waals surface area contributed by atoms with Gasteiger partial charge in [-0.25, -0.2) is 4.39 Å². The molecule has 2 aromatic rings. The fraction of sp³-hybridized carbons (Fsp3) is 0.167. The third-order valence-electron chi connectivity index (χ3n) is 2.29. The number of thiophene rings is 1. The van der Waals surface area contributed by atoms with Crippen LogP contribution in [0.1, 0.15) is 17.8 Å². The summed E-state index contributed by atoms with van der Waals surface area (Å²) in [7, 11) is 0. The molecule has 2 rings (SSSR count). The second-order valence-corrected chi connectivity index (χ2v) is 5.11. The first-order valence-electron chi connectivity index (χ1n) is 4.89. The number of hydrogen-bond acceptors (Lipinski definition) is 2. The molecule has 0 amide bonds. The maximum Gasteiger partial charge on any atom is 0.150 e. The zero-order chi connectivity index (χ0) is 11.7. The van der Waals surface area contributed by atoms with Crippen LogP contribution >= 0.6 is 22.9 Å². The van der Waals surface area contributed by atoms with Crippen molar-refractivity contribution in [3.8, 4) is 10.4 Å². The molecule has 0 aliphatic carbocycles. The van der Waals surface area contributed by atoms with Crippen LogP contribution in [0.4, 0.5) is 4.39 Å². The van der Waals surface area contributed by atoms with E-state index in [0.29, 0.717) is 5.56 Å². The monoisotopic (exact) mass is 255 g/mol. The normalized spacial score (nSPS) is 12.8. The van der Waals surface area contributed by atoms with E-state index >= 15 is 0 Å². The van der Waals surface area contributed by atoms with E-state index in [1.807, 2.05) is 19.1 Å². The Balaban J connectivity index is 2.47. The van der Waals surface area contributed by atoms with E-state index in [0.717, 1.165) is 9.75 Å². The first kappa shape index (κ1) is 11.6. The molecule has 0 bridgehead atoms. The number of rotatable bonds is 2. The molecule has 0 spiro atoms. The molecule has 1 heterocycles. The predicted octanol–water partition coefficient (Wildman–Crippen LogP) is 4.23. The van der Waals surface area contributed by atoms with Gasteiger partial charge in [-0.1, -0.05) is 23.7 Å². The minimum absolute atomic E-state index is 0.0269. The zero-order valence-corrected chi connectivity index (χ0v) is 10.3. The zero-order valence-electron chi connectivity index (χ0n) is 8.71. The molecule has 1 unspecified atom stereocenters. The summed E-state index contributed by atoms with van der Waals surface area (Å²) in [6, 6.07) is 8.77. The smallest absolute Gasteiger partial charge is 0.150 e. The van der Waals surface area contributed by atoms with Crippen molar-refractivity contribution >= 4 is 22.9 Å². The molecular weight excluding hydrogens is 245 g/mol. The fourth-order valence-corrected chi connectivity index (χ4v) is 2.59. The molecule has 84 valence electrons. The van der Waals surface area contributed by atoms with E-state index in [1.54, 1.807) is 18.2 Å². The van der Waals surface area contributed by atoms with Crippen LogP contribution in [0.15, 0.2) is 30.3 Å². The molecule has 1 aromatic carbocycles. The summed E-state index contributed by atoms with van der Waals surface area (Å²) in [5, 5.41) is 0.147. The van der Waals surface area contributed by atoms with Crippen molar-refractivity contribution in [2.24, 2.45) is 5.73 Å². The standard InChI is InChI=1S/C12H11ClFNS/c1-7(15)10-5-6-11(16-10)8-3-2-4-9(13)12(8)14/h2-7H,15H2,1H3. The van der Waals surface area contributed by atoms with Crippen LogP contribution < -0.4 is 5.73 Å². The molecule has 1 atom stereocenters. The molecule has 4 heteroatoms. The van der Waals surface area contributed by atoms with Crippen molar-refractivity contribution in [3.63, 3.8) is 0 Å². The molecule has 2 N–H and O–H groups in total. The molecule has 16 heavy (non-hydrogen) atoms. The van der Waals surface area contributed by atoms with E-state index in [1.165, 1.54) is 11.3 Å². The van der Waals surface area contributed by atoms with Gasteiger partial charge in [0.15, 0.2) is 0 Å². The summed E-state index contributed by atoms with van der Waals surface area (Å²) < 4.78 is 13.7. The molecule has 0 saturated heterocycles. The van der Waals surface area contributed by atoms with E-state index in [-0.39, 0.29) is 16.9 Å². The highest BCUT2D eigenvalue weighted by atomic mass is 35.5. The van der Waals surface area contributed by atoms with E-state index in [9.17, 15) is 4.39 Å². The maximum atomic E-state index is 13.7. The van der Waals surface area contributed by atoms with Crippen LogP contribution in [0.5, 0.6) is 0 Å². The third kappa shape index (κ3) is 2.12. The topological polar surface area (TPSA) is 26.0 Å². The highest BCUT2D eigenvalue weighted by Crippen LogP contribution is 2.34. The molecule has 0 saturated carbocycles. The second-order valence-electron chi connectivity index (χ2n) is 3.59. The Labute approximate surface area is 103 Å². The average Bonchev–Trinajstić information content (AvgIpc) is 2.71. The van der Waals surface area contributed by atoms with Gasteiger partial charge < -0.3 is 5.73 Å². The van der Waals surface area contributed by atoms with E-state index in [4.69, 9.17) is 17.3 Å². The lowest BCUT2D eigenvalue weighted by Gasteiger charge is -2.02. The molecule has 1 aromatic heterocycles. The molecule has 1 nitrogen and oxygen atoms in total. The number of hydrogen-bond donors (Lipinski definition) is 1. The van der Waals surface area contributed by atoms with Crippen LogP contribution in [-0.4, -0.2) is 0 Å². The van der Waals surface area contributed by atoms with Crippen molar-refractivity contribution in [3.05, 3.63) is 46.0 Å². The molecule has 0 aliphatic heterocycles. The first-order chi connectivity index (χ1) is 7.59. The Morgan fingerprint density at radius 3 is 2.69 bits per heavy atom. The van der Waals surface area contributed by atoms with Crippen LogP contribution in [0.3, 0.4) is 0 Å². The van der Waals surface area contributed by atoms with Crippen molar-refractivity contribution in [1.82, 2.24) is 0 Å². The Hall–Kier alpha value is -0.900. The highest BCUT2D eigenvalue weighted by Gasteiger charge is 2.11. The molecule has 0 aliphatic rings. The van der Waals surface area contributed by atoms with Crippen LogP contribution in [-0.2, 0) is 0 Å². The summed E-state index contributed by atoms with van der Waals surface area (Å²) in [5.41, 5.74) is 6.30. The largest absolute Gasteiger partial charge is 0.324 e. The lowest BCUT2D eigenvalue weighted by atomic mass is 10.2. The van der Waals surface area contributed by atoms with Crippen LogP contribution in [0, 0.1) is 5.82 Å². The Morgan fingerprint density at radius 2 is 2.06 bits per heavy atom. The van der Waals surface area contributed by atoms with Gasteiger partial charge in [-0.3, -0.25) is 0 Å². The lowest BCUT2D eigenvalue weighted by Crippen LogP contribution is -2.01. The van der Waals surface area contributed by atoms with E-state index in [2.05, 4.69) is 0 Å². The van der Waals surface area contributed by atoms with Gasteiger partial charge >= 0.3 is 0 Å². The summed E-state index contributed by atoms with van der Waals surface area (Å²) in [6.07, 6.45) is 0. The van der Waals surface area contributed by atoms with Gasteiger partial charge in [-0.2, -0.15) is 0 Å². The van der Waals surface area contributed by atoms with Gasteiger partial charge in [0.25, 0.3) is 0 Å². The van der Waals surface area contributed by atoms with Crippen LogP contribution in [0.2, 0.25) is 5.02 Å². The average molecular weight is 256 g/mol. The van der Waals surface area contributed by atoms with Crippen molar-refractivity contribution in [2.75, 3.05) is 0 Å². The number of halogens is 2. The van der Waals surface area contributed by atoms with Crippen molar-refractivity contribution in [2.45, 2.75) is 13.0 Å². The fourth-order valence-electron chi connectivity index (χ4n) is 1.44. The maximum absolute atomic E-state index is 13.7. The third-order valence-corrected chi connectivity index (χ3v) is 3.90. The van der Waals surface area contributed by atoms with Gasteiger partial charge in [0, 0.05) is 21.4 Å². The van der Waals surface area contributed by atoms with Gasteiger partial charge in [-0.15, -0.1) is 11.3 Å². The quantitative estimate of drug-likeness (QED) is 0.854. The SMILES string of the molecule is CC(N)c1ccc(-c2cccc(Cl)c2F)s1. The van der Waals surface area contributed by atoms with Crippen molar-refractivity contribution in [1.29, 1.82) is 0 Å².